The van der Waals surface area contributed by atoms with E-state index in [-0.39, 0.29) is 0 Å². The highest BCUT2D eigenvalue weighted by atomic mass is 32.1. The van der Waals surface area contributed by atoms with Crippen molar-refractivity contribution >= 4 is 11.3 Å². The highest BCUT2D eigenvalue weighted by Gasteiger charge is 2.39. The Morgan fingerprint density at radius 1 is 1.24 bits per heavy atom. The molecule has 1 aromatic rings. The van der Waals surface area contributed by atoms with E-state index in [1.54, 1.807) is 0 Å². The smallest absolute Gasteiger partial charge is 0.0794 e. The third-order valence-corrected chi connectivity index (χ3v) is 6.43. The molecule has 1 aromatic heterocycles. The van der Waals surface area contributed by atoms with Gasteiger partial charge in [-0.2, -0.15) is 0 Å². The molecule has 0 radical (unpaired) electrons. The maximum atomic E-state index is 4.28. The highest BCUT2D eigenvalue weighted by Crippen LogP contribution is 2.47. The molecule has 21 heavy (non-hydrogen) atoms. The second-order valence-corrected chi connectivity index (χ2v) is 9.41. The van der Waals surface area contributed by atoms with Crippen molar-refractivity contribution in [2.75, 3.05) is 6.54 Å². The lowest BCUT2D eigenvalue weighted by molar-refractivity contribution is 0.0864. The Kier molecular flexibility index (Phi) is 4.42. The fourth-order valence-electron chi connectivity index (χ4n) is 3.86. The summed E-state index contributed by atoms with van der Waals surface area (Å²) < 4.78 is 0. The van der Waals surface area contributed by atoms with Crippen molar-refractivity contribution in [3.05, 3.63) is 16.6 Å². The van der Waals surface area contributed by atoms with E-state index in [0.717, 1.165) is 12.0 Å². The van der Waals surface area contributed by atoms with Crippen molar-refractivity contribution in [2.45, 2.75) is 71.8 Å². The molecule has 0 aliphatic heterocycles. The van der Waals surface area contributed by atoms with E-state index in [0.29, 0.717) is 10.8 Å². The summed E-state index contributed by atoms with van der Waals surface area (Å²) in [7, 11) is 0. The number of hydrogen-bond acceptors (Lipinski definition) is 3. The standard InChI is InChI=1S/C18H30N2S/c1-17(2,3)14-6-8-18(9-7-14,12-20-15-4-5-15)10-16-11-19-13-21-16/h11,13-15,20H,4-10,12H2,1-3H3. The molecule has 0 amide bonds. The first kappa shape index (κ1) is 15.5. The summed E-state index contributed by atoms with van der Waals surface area (Å²) in [6, 6.07) is 0.823. The Hall–Kier alpha value is -0.410. The zero-order chi connectivity index (χ0) is 14.9. The average Bonchev–Trinajstić information content (AvgIpc) is 3.13. The van der Waals surface area contributed by atoms with E-state index in [1.807, 2.05) is 16.8 Å². The van der Waals surface area contributed by atoms with Crippen LogP contribution in [0.1, 0.15) is 64.2 Å². The zero-order valence-electron chi connectivity index (χ0n) is 13.8. The molecule has 0 atom stereocenters. The number of hydrogen-bond donors (Lipinski definition) is 1. The Morgan fingerprint density at radius 2 is 1.95 bits per heavy atom. The lowest BCUT2D eigenvalue weighted by atomic mass is 9.63. The highest BCUT2D eigenvalue weighted by molar-refractivity contribution is 7.09. The van der Waals surface area contributed by atoms with Gasteiger partial charge < -0.3 is 5.32 Å². The lowest BCUT2D eigenvalue weighted by Crippen LogP contribution is -2.41. The molecule has 2 aliphatic rings. The molecular formula is C18H30N2S. The summed E-state index contributed by atoms with van der Waals surface area (Å²) in [5, 5.41) is 3.82. The van der Waals surface area contributed by atoms with Gasteiger partial charge in [0.2, 0.25) is 0 Å². The van der Waals surface area contributed by atoms with Crippen LogP contribution >= 0.6 is 11.3 Å². The van der Waals surface area contributed by atoms with E-state index in [2.05, 4.69) is 37.3 Å². The molecule has 0 bridgehead atoms. The van der Waals surface area contributed by atoms with Gasteiger partial charge in [0.25, 0.3) is 0 Å². The monoisotopic (exact) mass is 306 g/mol. The Morgan fingerprint density at radius 3 is 2.48 bits per heavy atom. The van der Waals surface area contributed by atoms with E-state index in [4.69, 9.17) is 0 Å². The minimum Gasteiger partial charge on any atom is -0.313 e. The number of nitrogens with zero attached hydrogens (tertiary/aromatic N) is 1. The Bertz CT molecular complexity index is 434. The first-order valence-corrected chi connectivity index (χ1v) is 9.46. The van der Waals surface area contributed by atoms with Gasteiger partial charge in [0, 0.05) is 23.7 Å². The summed E-state index contributed by atoms with van der Waals surface area (Å²) >= 11 is 1.83. The summed E-state index contributed by atoms with van der Waals surface area (Å²) in [6.07, 6.45) is 11.7. The van der Waals surface area contributed by atoms with Crippen LogP contribution in [0, 0.1) is 16.7 Å². The van der Waals surface area contributed by atoms with E-state index in [9.17, 15) is 0 Å². The number of thiazole rings is 1. The van der Waals surface area contributed by atoms with Crippen LogP contribution in [0.5, 0.6) is 0 Å². The molecule has 2 aliphatic carbocycles. The van der Waals surface area contributed by atoms with Crippen LogP contribution in [-0.2, 0) is 6.42 Å². The van der Waals surface area contributed by atoms with Gasteiger partial charge in [-0.1, -0.05) is 20.8 Å². The first-order valence-electron chi connectivity index (χ1n) is 8.58. The third kappa shape index (κ3) is 4.07. The number of rotatable bonds is 5. The van der Waals surface area contributed by atoms with Gasteiger partial charge in [0.05, 0.1) is 5.51 Å². The molecule has 118 valence electrons. The molecule has 0 saturated heterocycles. The first-order chi connectivity index (χ1) is 9.97. The lowest BCUT2D eigenvalue weighted by Gasteiger charge is -2.44. The Labute approximate surface area is 133 Å². The van der Waals surface area contributed by atoms with E-state index >= 15 is 0 Å². The molecule has 0 spiro atoms. The van der Waals surface area contributed by atoms with Crippen molar-refractivity contribution in [3.63, 3.8) is 0 Å². The van der Waals surface area contributed by atoms with Crippen LogP contribution < -0.4 is 5.32 Å². The topological polar surface area (TPSA) is 24.9 Å². The maximum absolute atomic E-state index is 4.28. The molecular weight excluding hydrogens is 276 g/mol. The van der Waals surface area contributed by atoms with E-state index in [1.165, 1.54) is 56.4 Å². The molecule has 3 heteroatoms. The molecule has 2 saturated carbocycles. The van der Waals surface area contributed by atoms with Gasteiger partial charge in [0.1, 0.15) is 0 Å². The maximum Gasteiger partial charge on any atom is 0.0794 e. The van der Waals surface area contributed by atoms with Crippen molar-refractivity contribution < 1.29 is 0 Å². The third-order valence-electron chi connectivity index (χ3n) is 5.65. The second-order valence-electron chi connectivity index (χ2n) is 8.44. The Balaban J connectivity index is 1.65. The number of nitrogens with one attached hydrogen (secondary N) is 1. The van der Waals surface area contributed by atoms with Gasteiger partial charge in [-0.25, -0.2) is 0 Å². The fourth-order valence-corrected chi connectivity index (χ4v) is 4.63. The van der Waals surface area contributed by atoms with E-state index < -0.39 is 0 Å². The molecule has 3 rings (SSSR count). The quantitative estimate of drug-likeness (QED) is 0.855. The normalized spacial score (nSPS) is 30.5. The van der Waals surface area contributed by atoms with Crippen molar-refractivity contribution in [1.82, 2.24) is 10.3 Å². The van der Waals surface area contributed by atoms with Gasteiger partial charge >= 0.3 is 0 Å². The van der Waals surface area contributed by atoms with Gasteiger partial charge in [-0.05, 0) is 61.7 Å². The largest absolute Gasteiger partial charge is 0.313 e. The van der Waals surface area contributed by atoms with Crippen molar-refractivity contribution in [1.29, 1.82) is 0 Å². The minimum atomic E-state index is 0.473. The average molecular weight is 307 g/mol. The fraction of sp³-hybridized carbons (Fsp3) is 0.833. The van der Waals surface area contributed by atoms with Crippen LogP contribution in [-0.4, -0.2) is 17.6 Å². The molecule has 1 heterocycles. The number of aromatic nitrogens is 1. The summed E-state index contributed by atoms with van der Waals surface area (Å²) in [6.45, 7) is 8.45. The van der Waals surface area contributed by atoms with Crippen LogP contribution in [0.4, 0.5) is 0 Å². The van der Waals surface area contributed by atoms with Crippen molar-refractivity contribution in [3.8, 4) is 0 Å². The second kappa shape index (κ2) is 6.00. The van der Waals surface area contributed by atoms with Crippen molar-refractivity contribution in [2.24, 2.45) is 16.7 Å². The summed E-state index contributed by atoms with van der Waals surface area (Å²) in [4.78, 5) is 5.75. The molecule has 0 aromatic carbocycles. The molecule has 2 nitrogen and oxygen atoms in total. The molecule has 2 fully saturated rings. The predicted octanol–water partition coefficient (Wildman–Crippen LogP) is 4.66. The van der Waals surface area contributed by atoms with Gasteiger partial charge in [-0.3, -0.25) is 4.98 Å². The van der Waals surface area contributed by atoms with Crippen LogP contribution in [0.25, 0.3) is 0 Å². The van der Waals surface area contributed by atoms with Gasteiger partial charge in [0.15, 0.2) is 0 Å². The summed E-state index contributed by atoms with van der Waals surface area (Å²) in [5.74, 6) is 0.896. The van der Waals surface area contributed by atoms with Crippen LogP contribution in [0.15, 0.2) is 11.7 Å². The minimum absolute atomic E-state index is 0.473. The predicted molar refractivity (Wildman–Crippen MR) is 90.7 cm³/mol. The van der Waals surface area contributed by atoms with Crippen LogP contribution in [0.3, 0.4) is 0 Å². The van der Waals surface area contributed by atoms with Crippen LogP contribution in [0.2, 0.25) is 0 Å². The van der Waals surface area contributed by atoms with Gasteiger partial charge in [-0.15, -0.1) is 11.3 Å². The molecule has 1 N–H and O–H groups in total. The zero-order valence-corrected chi connectivity index (χ0v) is 14.6. The SMILES string of the molecule is CC(C)(C)C1CCC(CNC2CC2)(Cc2cncs2)CC1. The summed E-state index contributed by atoms with van der Waals surface area (Å²) in [5.41, 5.74) is 2.94. The molecule has 0 unspecified atom stereocenters.